The van der Waals surface area contributed by atoms with Crippen molar-refractivity contribution in [2.75, 3.05) is 0 Å². The molecule has 2 saturated carbocycles. The molecule has 0 radical (unpaired) electrons. The predicted octanol–water partition coefficient (Wildman–Crippen LogP) is 5.24. The zero-order valence-corrected chi connectivity index (χ0v) is 14.2. The molecule has 5 atom stereocenters. The first-order valence-electron chi connectivity index (χ1n) is 9.11. The first-order valence-corrected chi connectivity index (χ1v) is 9.11. The van der Waals surface area contributed by atoms with Crippen molar-refractivity contribution in [2.45, 2.75) is 59.3 Å². The van der Waals surface area contributed by atoms with E-state index in [2.05, 4.69) is 32.9 Å². The van der Waals surface area contributed by atoms with Crippen molar-refractivity contribution in [2.24, 2.45) is 28.6 Å². The summed E-state index contributed by atoms with van der Waals surface area (Å²) in [5.74, 6) is 2.60. The molecule has 0 aliphatic heterocycles. The Morgan fingerprint density at radius 3 is 2.82 bits per heavy atom. The van der Waals surface area contributed by atoms with E-state index in [9.17, 15) is 4.79 Å². The maximum absolute atomic E-state index is 11.8. The molecule has 4 aliphatic carbocycles. The highest BCUT2D eigenvalue weighted by atomic mass is 16.1. The molecule has 0 N–H and O–H groups in total. The third-order valence-corrected chi connectivity index (χ3v) is 7.46. The van der Waals surface area contributed by atoms with E-state index in [4.69, 9.17) is 0 Å². The highest BCUT2D eigenvalue weighted by Gasteiger charge is 2.55. The van der Waals surface area contributed by atoms with Crippen LogP contribution in [-0.2, 0) is 4.79 Å². The number of carbonyl (C=O) groups is 1. The van der Waals surface area contributed by atoms with Crippen LogP contribution < -0.4 is 0 Å². The van der Waals surface area contributed by atoms with Gasteiger partial charge in [-0.2, -0.15) is 0 Å². The monoisotopic (exact) mass is 296 g/mol. The summed E-state index contributed by atoms with van der Waals surface area (Å²) in [4.78, 5) is 11.8. The third kappa shape index (κ3) is 1.87. The molecule has 0 aromatic heterocycles. The summed E-state index contributed by atoms with van der Waals surface area (Å²) >= 11 is 0. The number of fused-ring (bicyclic) bond motifs is 5. The van der Waals surface area contributed by atoms with Gasteiger partial charge in [-0.05, 0) is 73.8 Å². The van der Waals surface area contributed by atoms with Gasteiger partial charge in [-0.25, -0.2) is 0 Å². The normalized spacial score (nSPS) is 46.5. The van der Waals surface area contributed by atoms with Gasteiger partial charge in [0.25, 0.3) is 0 Å². The quantitative estimate of drug-likeness (QED) is 0.605. The Morgan fingerprint density at radius 2 is 2.05 bits per heavy atom. The fourth-order valence-corrected chi connectivity index (χ4v) is 6.16. The van der Waals surface area contributed by atoms with Crippen LogP contribution in [0.3, 0.4) is 0 Å². The van der Waals surface area contributed by atoms with E-state index in [0.29, 0.717) is 5.41 Å². The van der Waals surface area contributed by atoms with Crippen molar-refractivity contribution in [3.05, 3.63) is 35.5 Å². The number of ketones is 1. The van der Waals surface area contributed by atoms with Gasteiger partial charge in [0.05, 0.1) is 0 Å². The maximum Gasteiger partial charge on any atom is 0.178 e. The molecule has 1 nitrogen and oxygen atoms in total. The minimum Gasteiger partial charge on any atom is -0.290 e. The number of carbonyl (C=O) groups excluding carboxylic acids is 1. The Balaban J connectivity index is 1.68. The Hall–Kier alpha value is -1.11. The lowest BCUT2D eigenvalue weighted by atomic mass is 9.48. The lowest BCUT2D eigenvalue weighted by Crippen LogP contribution is -2.48. The molecule has 22 heavy (non-hydrogen) atoms. The van der Waals surface area contributed by atoms with Crippen LogP contribution in [0.15, 0.2) is 35.5 Å². The Kier molecular flexibility index (Phi) is 3.09. The number of hydrogen-bond acceptors (Lipinski definition) is 1. The largest absolute Gasteiger partial charge is 0.290 e. The summed E-state index contributed by atoms with van der Waals surface area (Å²) in [6.07, 6.45) is 16.2. The van der Waals surface area contributed by atoms with Crippen molar-refractivity contribution in [1.29, 1.82) is 0 Å². The molecule has 0 spiro atoms. The van der Waals surface area contributed by atoms with E-state index in [-0.39, 0.29) is 11.2 Å². The molecule has 0 heterocycles. The van der Waals surface area contributed by atoms with Crippen molar-refractivity contribution < 1.29 is 4.79 Å². The molecule has 118 valence electrons. The van der Waals surface area contributed by atoms with Crippen LogP contribution in [0.2, 0.25) is 0 Å². The molecule has 0 saturated heterocycles. The van der Waals surface area contributed by atoms with E-state index < -0.39 is 0 Å². The van der Waals surface area contributed by atoms with Gasteiger partial charge >= 0.3 is 0 Å². The van der Waals surface area contributed by atoms with Crippen molar-refractivity contribution >= 4 is 5.78 Å². The Bertz CT molecular complexity index is 607. The van der Waals surface area contributed by atoms with Crippen LogP contribution in [0.5, 0.6) is 0 Å². The molecule has 0 aromatic carbocycles. The standard InChI is InChI=1S/C21H28O/c1-4-14-11-19-17-6-5-15-12-16(22)7-10-21(15,3)18(17)8-9-20(19,2)13-14/h7,10,12-13,17-19H,4-6,8-9,11H2,1-3H3/t17-,18+,19+,20-,21+/m1/s1. The predicted molar refractivity (Wildman–Crippen MR) is 90.4 cm³/mol. The number of allylic oxidation sites excluding steroid dienone is 6. The third-order valence-electron chi connectivity index (χ3n) is 7.46. The van der Waals surface area contributed by atoms with E-state index in [1.54, 1.807) is 5.57 Å². The summed E-state index contributed by atoms with van der Waals surface area (Å²) in [5.41, 5.74) is 3.69. The Labute approximate surface area is 134 Å². The second kappa shape index (κ2) is 4.69. The molecule has 1 heteroatoms. The SMILES string of the molecule is CCC1=C[C@@]2(C)CC[C@H]3[C@@H](CCC4=CC(=O)C=C[C@@]43C)[C@@H]2C1. The zero-order chi connectivity index (χ0) is 15.5. The molecule has 0 aromatic rings. The smallest absolute Gasteiger partial charge is 0.178 e. The Morgan fingerprint density at radius 1 is 1.23 bits per heavy atom. The van der Waals surface area contributed by atoms with Crippen molar-refractivity contribution in [3.63, 3.8) is 0 Å². The molecule has 0 unspecified atom stereocenters. The van der Waals surface area contributed by atoms with Crippen LogP contribution >= 0.6 is 0 Å². The average molecular weight is 296 g/mol. The summed E-state index contributed by atoms with van der Waals surface area (Å²) in [7, 11) is 0. The summed E-state index contributed by atoms with van der Waals surface area (Å²) in [6, 6.07) is 0. The molecule has 4 rings (SSSR count). The molecular weight excluding hydrogens is 268 g/mol. The van der Waals surface area contributed by atoms with Crippen molar-refractivity contribution in [3.8, 4) is 0 Å². The van der Waals surface area contributed by atoms with Gasteiger partial charge in [0.1, 0.15) is 0 Å². The molecule has 0 bridgehead atoms. The summed E-state index contributed by atoms with van der Waals surface area (Å²) < 4.78 is 0. The van der Waals surface area contributed by atoms with Gasteiger partial charge < -0.3 is 0 Å². The van der Waals surface area contributed by atoms with Crippen LogP contribution in [0.25, 0.3) is 0 Å². The van der Waals surface area contributed by atoms with Crippen LogP contribution in [0.4, 0.5) is 0 Å². The van der Waals surface area contributed by atoms with E-state index in [0.717, 1.165) is 24.2 Å². The van der Waals surface area contributed by atoms with Gasteiger partial charge in [-0.3, -0.25) is 4.79 Å². The van der Waals surface area contributed by atoms with E-state index >= 15 is 0 Å². The molecule has 2 fully saturated rings. The number of hydrogen-bond donors (Lipinski definition) is 0. The van der Waals surface area contributed by atoms with Gasteiger partial charge in [0.2, 0.25) is 0 Å². The fourth-order valence-electron chi connectivity index (χ4n) is 6.16. The lowest BCUT2D eigenvalue weighted by molar-refractivity contribution is -0.111. The molecule has 4 aliphatic rings. The highest BCUT2D eigenvalue weighted by molar-refractivity contribution is 6.01. The second-order valence-electron chi connectivity index (χ2n) is 8.51. The van der Waals surface area contributed by atoms with E-state index in [1.807, 2.05) is 12.2 Å². The molecular formula is C21H28O. The highest BCUT2D eigenvalue weighted by Crippen LogP contribution is 2.63. The lowest BCUT2D eigenvalue weighted by Gasteiger charge is -2.56. The molecule has 0 amide bonds. The van der Waals surface area contributed by atoms with Crippen LogP contribution in [0, 0.1) is 28.6 Å². The average Bonchev–Trinajstić information content (AvgIpc) is 2.85. The summed E-state index contributed by atoms with van der Waals surface area (Å²) in [5, 5.41) is 0. The van der Waals surface area contributed by atoms with Gasteiger partial charge in [-0.15, -0.1) is 0 Å². The topological polar surface area (TPSA) is 17.1 Å². The van der Waals surface area contributed by atoms with Crippen LogP contribution in [0.1, 0.15) is 59.3 Å². The van der Waals surface area contributed by atoms with E-state index in [1.165, 1.54) is 37.7 Å². The van der Waals surface area contributed by atoms with Crippen LogP contribution in [-0.4, -0.2) is 5.78 Å². The second-order valence-corrected chi connectivity index (χ2v) is 8.51. The summed E-state index contributed by atoms with van der Waals surface area (Å²) in [6.45, 7) is 7.21. The van der Waals surface area contributed by atoms with Gasteiger partial charge in [0.15, 0.2) is 5.78 Å². The minimum absolute atomic E-state index is 0.146. The first kappa shape index (κ1) is 14.5. The maximum atomic E-state index is 11.8. The van der Waals surface area contributed by atoms with Gasteiger partial charge in [-0.1, -0.05) is 44.1 Å². The zero-order valence-electron chi connectivity index (χ0n) is 14.2. The minimum atomic E-state index is 0.146. The number of rotatable bonds is 1. The fraction of sp³-hybridized carbons (Fsp3) is 0.667. The van der Waals surface area contributed by atoms with Crippen molar-refractivity contribution in [1.82, 2.24) is 0 Å². The van der Waals surface area contributed by atoms with Gasteiger partial charge in [0, 0.05) is 5.41 Å². The first-order chi connectivity index (χ1) is 10.5.